The average molecular weight is 309 g/mol. The minimum atomic E-state index is -4.22. The molecule has 106 valence electrons. The van der Waals surface area contributed by atoms with Crippen molar-refractivity contribution in [1.29, 1.82) is 0 Å². The Labute approximate surface area is 116 Å². The van der Waals surface area contributed by atoms with Crippen LogP contribution in [-0.4, -0.2) is 20.0 Å². The number of hydrogen-bond donors (Lipinski definition) is 2. The van der Waals surface area contributed by atoms with E-state index in [9.17, 15) is 17.6 Å². The first-order valence-corrected chi connectivity index (χ1v) is 7.17. The van der Waals surface area contributed by atoms with Crippen LogP contribution in [0, 0.1) is 5.82 Å². The van der Waals surface area contributed by atoms with Crippen LogP contribution >= 0.6 is 11.6 Å². The van der Waals surface area contributed by atoms with Gasteiger partial charge in [-0.15, -0.1) is 0 Å². The predicted octanol–water partition coefficient (Wildman–Crippen LogP) is 2.27. The number of benzene rings is 1. The van der Waals surface area contributed by atoms with Crippen LogP contribution in [0.2, 0.25) is 5.02 Å². The fourth-order valence-corrected chi connectivity index (χ4v) is 2.65. The second-order valence-electron chi connectivity index (χ2n) is 4.88. The fraction of sp³-hybridized carbons (Fsp3) is 0.364. The van der Waals surface area contributed by atoms with E-state index in [1.807, 2.05) is 0 Å². The summed E-state index contributed by atoms with van der Waals surface area (Å²) in [5.74, 6) is -0.763. The lowest BCUT2D eigenvalue weighted by Crippen LogP contribution is -2.48. The molecule has 0 saturated carbocycles. The third-order valence-electron chi connectivity index (χ3n) is 1.90. The molecule has 2 N–H and O–H groups in total. The van der Waals surface area contributed by atoms with E-state index in [0.29, 0.717) is 0 Å². The molecule has 0 aliphatic rings. The van der Waals surface area contributed by atoms with Crippen LogP contribution < -0.4 is 10.0 Å². The molecule has 19 heavy (non-hydrogen) atoms. The number of amides is 2. The fourth-order valence-electron chi connectivity index (χ4n) is 1.23. The van der Waals surface area contributed by atoms with Gasteiger partial charge in [0.2, 0.25) is 0 Å². The summed E-state index contributed by atoms with van der Waals surface area (Å²) in [6.07, 6.45) is 0. The maximum atomic E-state index is 13.0. The van der Waals surface area contributed by atoms with Gasteiger partial charge in [0.15, 0.2) is 0 Å². The number of urea groups is 1. The summed E-state index contributed by atoms with van der Waals surface area (Å²) in [6.45, 7) is 5.07. The number of halogens is 2. The number of rotatable bonds is 2. The average Bonchev–Trinajstić information content (AvgIpc) is 2.17. The molecule has 5 nitrogen and oxygen atoms in total. The summed E-state index contributed by atoms with van der Waals surface area (Å²) in [6, 6.07) is 1.96. The SMILES string of the molecule is CC(C)(C)NC(=O)NS(=O)(=O)c1cc(F)ccc1Cl. The van der Waals surface area contributed by atoms with Crippen LogP contribution in [0.25, 0.3) is 0 Å². The first kappa shape index (κ1) is 15.7. The van der Waals surface area contributed by atoms with E-state index in [1.54, 1.807) is 25.5 Å². The minimum absolute atomic E-state index is 0.169. The summed E-state index contributed by atoms with van der Waals surface area (Å²) in [7, 11) is -4.22. The molecular formula is C11H14ClFN2O3S. The largest absolute Gasteiger partial charge is 0.333 e. The van der Waals surface area contributed by atoms with E-state index in [4.69, 9.17) is 11.6 Å². The van der Waals surface area contributed by atoms with E-state index in [1.165, 1.54) is 0 Å². The van der Waals surface area contributed by atoms with Crippen molar-refractivity contribution in [1.82, 2.24) is 10.0 Å². The standard InChI is InChI=1S/C11H14ClFN2O3S/c1-11(2,3)14-10(16)15-19(17,18)9-6-7(13)4-5-8(9)12/h4-6H,1-3H3,(H2,14,15,16). The van der Waals surface area contributed by atoms with Gasteiger partial charge in [0.1, 0.15) is 10.7 Å². The molecule has 0 heterocycles. The molecule has 0 bridgehead atoms. The summed E-state index contributed by atoms with van der Waals surface area (Å²) in [5, 5.41) is 2.24. The maximum absolute atomic E-state index is 13.0. The van der Waals surface area contributed by atoms with Gasteiger partial charge in [-0.05, 0) is 39.0 Å². The van der Waals surface area contributed by atoms with Crippen LogP contribution in [0.4, 0.5) is 9.18 Å². The number of carbonyl (C=O) groups is 1. The van der Waals surface area contributed by atoms with E-state index in [2.05, 4.69) is 5.32 Å². The highest BCUT2D eigenvalue weighted by Crippen LogP contribution is 2.21. The van der Waals surface area contributed by atoms with Crippen molar-refractivity contribution >= 4 is 27.7 Å². The lowest BCUT2D eigenvalue weighted by molar-refractivity contribution is 0.237. The molecule has 0 aromatic heterocycles. The summed E-state index contributed by atoms with van der Waals surface area (Å²) in [5.41, 5.74) is -0.606. The Balaban J connectivity index is 2.99. The number of sulfonamides is 1. The van der Waals surface area contributed by atoms with Crippen LogP contribution in [0.3, 0.4) is 0 Å². The molecule has 0 aliphatic heterocycles. The van der Waals surface area contributed by atoms with Gasteiger partial charge in [-0.3, -0.25) is 0 Å². The second kappa shape index (κ2) is 5.34. The molecule has 0 fully saturated rings. The number of hydrogen-bond acceptors (Lipinski definition) is 3. The normalized spacial score (nSPS) is 12.1. The van der Waals surface area contributed by atoms with E-state index in [0.717, 1.165) is 18.2 Å². The highest BCUT2D eigenvalue weighted by Gasteiger charge is 2.23. The first-order valence-electron chi connectivity index (χ1n) is 5.31. The van der Waals surface area contributed by atoms with E-state index >= 15 is 0 Å². The summed E-state index contributed by atoms with van der Waals surface area (Å²) >= 11 is 5.68. The lowest BCUT2D eigenvalue weighted by atomic mass is 10.1. The third-order valence-corrected chi connectivity index (χ3v) is 3.71. The van der Waals surface area contributed by atoms with Crippen LogP contribution in [0.5, 0.6) is 0 Å². The Kier molecular flexibility index (Phi) is 4.42. The molecule has 1 aromatic rings. The molecule has 0 radical (unpaired) electrons. The van der Waals surface area contributed by atoms with E-state index in [-0.39, 0.29) is 5.02 Å². The Morgan fingerprint density at radius 3 is 2.42 bits per heavy atom. The highest BCUT2D eigenvalue weighted by atomic mass is 35.5. The summed E-state index contributed by atoms with van der Waals surface area (Å²) in [4.78, 5) is 11.0. The molecule has 8 heteroatoms. The second-order valence-corrected chi connectivity index (χ2v) is 6.94. The van der Waals surface area contributed by atoms with Crippen molar-refractivity contribution < 1.29 is 17.6 Å². The lowest BCUT2D eigenvalue weighted by Gasteiger charge is -2.20. The predicted molar refractivity (Wildman–Crippen MR) is 70.0 cm³/mol. The zero-order chi connectivity index (χ0) is 14.8. The Morgan fingerprint density at radius 2 is 1.89 bits per heavy atom. The highest BCUT2D eigenvalue weighted by molar-refractivity contribution is 7.90. The molecule has 0 aliphatic carbocycles. The third kappa shape index (κ3) is 4.68. The van der Waals surface area contributed by atoms with Crippen molar-refractivity contribution in [2.75, 3.05) is 0 Å². The molecule has 0 saturated heterocycles. The Bertz CT molecular complexity index is 596. The van der Waals surface area contributed by atoms with Crippen molar-refractivity contribution in [2.24, 2.45) is 0 Å². The molecule has 0 spiro atoms. The van der Waals surface area contributed by atoms with Gasteiger partial charge in [0, 0.05) is 5.54 Å². The first-order chi connectivity index (χ1) is 8.51. The zero-order valence-electron chi connectivity index (χ0n) is 10.6. The van der Waals surface area contributed by atoms with E-state index < -0.39 is 32.3 Å². The van der Waals surface area contributed by atoms with Crippen molar-refractivity contribution in [3.63, 3.8) is 0 Å². The van der Waals surface area contributed by atoms with Gasteiger partial charge < -0.3 is 5.32 Å². The van der Waals surface area contributed by atoms with Crippen LogP contribution in [-0.2, 0) is 10.0 Å². The van der Waals surface area contributed by atoms with Crippen molar-refractivity contribution in [2.45, 2.75) is 31.2 Å². The topological polar surface area (TPSA) is 75.3 Å². The Hall–Kier alpha value is -1.34. The van der Waals surface area contributed by atoms with Gasteiger partial charge in [0.25, 0.3) is 10.0 Å². The number of carbonyl (C=O) groups excluding carboxylic acids is 1. The maximum Gasteiger partial charge on any atom is 0.329 e. The Morgan fingerprint density at radius 1 is 1.32 bits per heavy atom. The molecule has 0 atom stereocenters. The van der Waals surface area contributed by atoms with Crippen LogP contribution in [0.15, 0.2) is 23.1 Å². The van der Waals surface area contributed by atoms with Gasteiger partial charge in [0.05, 0.1) is 5.02 Å². The quantitative estimate of drug-likeness (QED) is 0.880. The molecule has 2 amide bonds. The van der Waals surface area contributed by atoms with Crippen LogP contribution in [0.1, 0.15) is 20.8 Å². The summed E-state index contributed by atoms with van der Waals surface area (Å²) < 4.78 is 38.6. The molecule has 1 rings (SSSR count). The van der Waals surface area contributed by atoms with Gasteiger partial charge >= 0.3 is 6.03 Å². The molecule has 1 aromatic carbocycles. The molecule has 0 unspecified atom stereocenters. The van der Waals surface area contributed by atoms with Gasteiger partial charge in [-0.2, -0.15) is 0 Å². The minimum Gasteiger partial charge on any atom is -0.333 e. The van der Waals surface area contributed by atoms with Gasteiger partial charge in [-0.1, -0.05) is 11.6 Å². The van der Waals surface area contributed by atoms with Crippen molar-refractivity contribution in [3.05, 3.63) is 29.0 Å². The molecular weight excluding hydrogens is 295 g/mol. The number of nitrogens with one attached hydrogen (secondary N) is 2. The zero-order valence-corrected chi connectivity index (χ0v) is 12.2. The van der Waals surface area contributed by atoms with Crippen molar-refractivity contribution in [3.8, 4) is 0 Å². The van der Waals surface area contributed by atoms with Gasteiger partial charge in [-0.25, -0.2) is 22.3 Å². The smallest absolute Gasteiger partial charge is 0.329 e. The monoisotopic (exact) mass is 308 g/mol.